The molecule has 0 aliphatic heterocycles. The van der Waals surface area contributed by atoms with Crippen LogP contribution in [0.2, 0.25) is 0 Å². The van der Waals surface area contributed by atoms with E-state index in [2.05, 4.69) is 5.32 Å². The number of aliphatic carboxylic acids is 1. The molecule has 0 heterocycles. The van der Waals surface area contributed by atoms with Crippen molar-refractivity contribution in [3.63, 3.8) is 0 Å². The zero-order chi connectivity index (χ0) is 13.7. The van der Waals surface area contributed by atoms with E-state index in [0.717, 1.165) is 0 Å². The topological polar surface area (TPSA) is 95.9 Å². The summed E-state index contributed by atoms with van der Waals surface area (Å²) >= 11 is 0. The number of carbonyl (C=O) groups is 2. The van der Waals surface area contributed by atoms with Crippen molar-refractivity contribution in [1.29, 1.82) is 0 Å². The highest BCUT2D eigenvalue weighted by molar-refractivity contribution is 5.95. The number of carbonyl (C=O) groups excluding carboxylic acids is 1. The molecule has 0 radical (unpaired) electrons. The highest BCUT2D eigenvalue weighted by atomic mass is 16.5. The lowest BCUT2D eigenvalue weighted by molar-refractivity contribution is -0.137. The van der Waals surface area contributed by atoms with E-state index in [1.54, 1.807) is 6.92 Å². The van der Waals surface area contributed by atoms with E-state index in [9.17, 15) is 14.7 Å². The first-order valence-electron chi connectivity index (χ1n) is 5.33. The number of nitrogens with one attached hydrogen (secondary N) is 1. The van der Waals surface area contributed by atoms with Crippen molar-refractivity contribution in [1.82, 2.24) is 5.32 Å². The summed E-state index contributed by atoms with van der Waals surface area (Å²) in [6.45, 7) is 1.59. The fourth-order valence-corrected chi connectivity index (χ4v) is 1.45. The van der Waals surface area contributed by atoms with Gasteiger partial charge >= 0.3 is 5.97 Å². The monoisotopic (exact) mass is 253 g/mol. The molecule has 0 bridgehead atoms. The van der Waals surface area contributed by atoms with Gasteiger partial charge in [0.2, 0.25) is 0 Å². The van der Waals surface area contributed by atoms with Crippen LogP contribution in [0, 0.1) is 0 Å². The Labute approximate surface area is 104 Å². The Morgan fingerprint density at radius 1 is 1.44 bits per heavy atom. The maximum absolute atomic E-state index is 11.7. The van der Waals surface area contributed by atoms with Crippen LogP contribution in [0.4, 0.5) is 0 Å². The van der Waals surface area contributed by atoms with E-state index in [1.807, 2.05) is 0 Å². The minimum absolute atomic E-state index is 0.143. The Bertz CT molecular complexity index is 458. The van der Waals surface area contributed by atoms with Crippen LogP contribution in [0.1, 0.15) is 23.7 Å². The summed E-state index contributed by atoms with van der Waals surface area (Å²) in [6, 6.07) is 3.73. The minimum Gasteiger partial charge on any atom is -0.504 e. The van der Waals surface area contributed by atoms with Crippen molar-refractivity contribution in [2.45, 2.75) is 19.4 Å². The van der Waals surface area contributed by atoms with Crippen molar-refractivity contribution in [3.05, 3.63) is 23.8 Å². The SMILES string of the molecule is COc1ccc(C(=O)NC(C)CC(=O)O)cc1O. The van der Waals surface area contributed by atoms with Gasteiger partial charge in [0.05, 0.1) is 13.5 Å². The summed E-state index contributed by atoms with van der Waals surface area (Å²) in [4.78, 5) is 22.2. The molecule has 0 saturated heterocycles. The Morgan fingerprint density at radius 3 is 2.61 bits per heavy atom. The number of aromatic hydroxyl groups is 1. The van der Waals surface area contributed by atoms with E-state index in [4.69, 9.17) is 9.84 Å². The molecule has 6 nitrogen and oxygen atoms in total. The van der Waals surface area contributed by atoms with Gasteiger partial charge < -0.3 is 20.3 Å². The average molecular weight is 253 g/mol. The Morgan fingerprint density at radius 2 is 2.11 bits per heavy atom. The molecule has 1 aromatic carbocycles. The van der Waals surface area contributed by atoms with E-state index in [-0.39, 0.29) is 23.5 Å². The zero-order valence-corrected chi connectivity index (χ0v) is 10.1. The summed E-state index contributed by atoms with van der Waals surface area (Å²) in [5.74, 6) is -1.30. The first kappa shape index (κ1) is 13.8. The second kappa shape index (κ2) is 5.90. The number of ether oxygens (including phenoxy) is 1. The molecular weight excluding hydrogens is 238 g/mol. The second-order valence-corrected chi connectivity index (χ2v) is 3.86. The van der Waals surface area contributed by atoms with Crippen molar-refractivity contribution < 1.29 is 24.5 Å². The van der Waals surface area contributed by atoms with Crippen LogP contribution >= 0.6 is 0 Å². The Kier molecular flexibility index (Phi) is 4.53. The quantitative estimate of drug-likeness (QED) is 0.727. The normalized spacial score (nSPS) is 11.7. The van der Waals surface area contributed by atoms with Gasteiger partial charge in [0.25, 0.3) is 5.91 Å². The van der Waals surface area contributed by atoms with E-state index < -0.39 is 17.9 Å². The van der Waals surface area contributed by atoms with Gasteiger partial charge in [-0.2, -0.15) is 0 Å². The number of carboxylic acid groups (broad SMARTS) is 1. The molecule has 1 aromatic rings. The number of hydrogen-bond donors (Lipinski definition) is 3. The Hall–Kier alpha value is -2.24. The Balaban J connectivity index is 2.72. The minimum atomic E-state index is -0.986. The van der Waals surface area contributed by atoms with Crippen LogP contribution in [-0.2, 0) is 4.79 Å². The van der Waals surface area contributed by atoms with E-state index in [1.165, 1.54) is 25.3 Å². The molecule has 98 valence electrons. The fraction of sp³-hybridized carbons (Fsp3) is 0.333. The molecule has 3 N–H and O–H groups in total. The van der Waals surface area contributed by atoms with Gasteiger partial charge in [-0.1, -0.05) is 0 Å². The summed E-state index contributed by atoms with van der Waals surface area (Å²) < 4.78 is 4.85. The summed E-state index contributed by atoms with van der Waals surface area (Å²) in [5.41, 5.74) is 0.241. The number of rotatable bonds is 5. The van der Waals surface area contributed by atoms with Crippen molar-refractivity contribution in [2.24, 2.45) is 0 Å². The van der Waals surface area contributed by atoms with Crippen LogP contribution in [0.25, 0.3) is 0 Å². The highest BCUT2D eigenvalue weighted by Crippen LogP contribution is 2.26. The molecule has 0 spiro atoms. The lowest BCUT2D eigenvalue weighted by Crippen LogP contribution is -2.34. The first-order chi connectivity index (χ1) is 8.43. The van der Waals surface area contributed by atoms with Crippen LogP contribution in [0.5, 0.6) is 11.5 Å². The van der Waals surface area contributed by atoms with Gasteiger partial charge in [0, 0.05) is 11.6 Å². The van der Waals surface area contributed by atoms with Gasteiger partial charge in [-0.25, -0.2) is 0 Å². The molecule has 0 saturated carbocycles. The van der Waals surface area contributed by atoms with Gasteiger partial charge in [-0.3, -0.25) is 9.59 Å². The molecule has 0 aliphatic carbocycles. The molecule has 18 heavy (non-hydrogen) atoms. The molecule has 1 unspecified atom stereocenters. The van der Waals surface area contributed by atoms with Crippen molar-refractivity contribution in [3.8, 4) is 11.5 Å². The predicted molar refractivity (Wildman–Crippen MR) is 63.8 cm³/mol. The number of methoxy groups -OCH3 is 1. The summed E-state index contributed by atoms with van der Waals surface area (Å²) in [6.07, 6.45) is -0.159. The third-order valence-electron chi connectivity index (χ3n) is 2.30. The van der Waals surface area contributed by atoms with Crippen LogP contribution in [-0.4, -0.2) is 35.2 Å². The molecule has 0 fully saturated rings. The maximum Gasteiger partial charge on any atom is 0.305 e. The number of phenols is 1. The third-order valence-corrected chi connectivity index (χ3v) is 2.30. The third kappa shape index (κ3) is 3.65. The molecule has 1 rings (SSSR count). The van der Waals surface area contributed by atoms with Crippen molar-refractivity contribution >= 4 is 11.9 Å². The van der Waals surface area contributed by atoms with Crippen LogP contribution in [0.15, 0.2) is 18.2 Å². The smallest absolute Gasteiger partial charge is 0.305 e. The number of carboxylic acids is 1. The molecule has 0 aliphatic rings. The molecule has 0 aromatic heterocycles. The lowest BCUT2D eigenvalue weighted by atomic mass is 10.1. The van der Waals surface area contributed by atoms with Crippen LogP contribution < -0.4 is 10.1 Å². The van der Waals surface area contributed by atoms with Gasteiger partial charge in [-0.05, 0) is 25.1 Å². The predicted octanol–water partition coefficient (Wildman–Crippen LogP) is 0.994. The van der Waals surface area contributed by atoms with E-state index in [0.29, 0.717) is 0 Å². The maximum atomic E-state index is 11.7. The second-order valence-electron chi connectivity index (χ2n) is 3.86. The largest absolute Gasteiger partial charge is 0.504 e. The number of phenolic OH excluding ortho intramolecular Hbond substituents is 1. The van der Waals surface area contributed by atoms with Crippen LogP contribution in [0.3, 0.4) is 0 Å². The van der Waals surface area contributed by atoms with Gasteiger partial charge in [0.1, 0.15) is 0 Å². The van der Waals surface area contributed by atoms with Crippen molar-refractivity contribution in [2.75, 3.05) is 7.11 Å². The first-order valence-corrected chi connectivity index (χ1v) is 5.33. The van der Waals surface area contributed by atoms with Gasteiger partial charge in [0.15, 0.2) is 11.5 Å². The van der Waals surface area contributed by atoms with E-state index >= 15 is 0 Å². The summed E-state index contributed by atoms with van der Waals surface area (Å²) in [7, 11) is 1.41. The highest BCUT2D eigenvalue weighted by Gasteiger charge is 2.14. The fourth-order valence-electron chi connectivity index (χ4n) is 1.45. The lowest BCUT2D eigenvalue weighted by Gasteiger charge is -2.12. The number of hydrogen-bond acceptors (Lipinski definition) is 4. The zero-order valence-electron chi connectivity index (χ0n) is 10.1. The average Bonchev–Trinajstić information content (AvgIpc) is 2.27. The number of benzene rings is 1. The molecule has 1 atom stereocenters. The number of amides is 1. The molecular formula is C12H15NO5. The molecule has 6 heteroatoms. The van der Waals surface area contributed by atoms with Gasteiger partial charge in [-0.15, -0.1) is 0 Å². The molecule has 1 amide bonds. The standard InChI is InChI=1S/C12H15NO5/c1-7(5-11(15)16)13-12(17)8-3-4-10(18-2)9(14)6-8/h3-4,6-7,14H,5H2,1-2H3,(H,13,17)(H,15,16). The summed E-state index contributed by atoms with van der Waals surface area (Å²) in [5, 5.41) is 20.6.